The van der Waals surface area contributed by atoms with Crippen LogP contribution in [-0.4, -0.2) is 66.0 Å². The highest BCUT2D eigenvalue weighted by atomic mass is 16.6. The molecule has 4 heterocycles. The molecule has 3 aromatic rings. The molecular weight excluding hydrogens is 717 g/mol. The first-order valence-corrected chi connectivity index (χ1v) is 20.9. The first-order chi connectivity index (χ1) is 28.0. The Bertz CT molecular complexity index is 1800. The Morgan fingerprint density at radius 2 is 1.67 bits per heavy atom. The van der Waals surface area contributed by atoms with E-state index in [1.54, 1.807) is 11.8 Å². The third-order valence-electron chi connectivity index (χ3n) is 9.69. The highest BCUT2D eigenvalue weighted by molar-refractivity contribution is 5.76. The summed E-state index contributed by atoms with van der Waals surface area (Å²) in [5.41, 5.74) is 2.99. The molecule has 1 aliphatic rings. The Hall–Kier alpha value is -5.39. The van der Waals surface area contributed by atoms with Crippen molar-refractivity contribution in [1.82, 2.24) is 25.2 Å². The van der Waals surface area contributed by atoms with Crippen LogP contribution in [0.15, 0.2) is 97.5 Å². The topological polar surface area (TPSA) is 126 Å². The molecule has 0 bridgehead atoms. The number of nitrogens with one attached hydrogen (secondary N) is 3. The first-order valence-electron chi connectivity index (χ1n) is 20.9. The van der Waals surface area contributed by atoms with Crippen LogP contribution in [0.4, 0.5) is 16.4 Å². The molecule has 4 rings (SSSR count). The monoisotopic (exact) mass is 782 g/mol. The Morgan fingerprint density at radius 1 is 0.947 bits per heavy atom. The molecule has 12 heteroatoms. The number of pyridine rings is 1. The molecule has 3 N–H and O–H groups in total. The number of carbonyl (C=O) groups is 2. The number of aryl methyl sites for hydroxylation is 1. The summed E-state index contributed by atoms with van der Waals surface area (Å²) >= 11 is 0. The van der Waals surface area contributed by atoms with Gasteiger partial charge in [0.15, 0.2) is 5.65 Å². The van der Waals surface area contributed by atoms with Crippen LogP contribution in [0.25, 0.3) is 5.65 Å². The average Bonchev–Trinajstić information content (AvgIpc) is 3.66. The minimum absolute atomic E-state index is 0.0126. The number of anilines is 2. The van der Waals surface area contributed by atoms with Gasteiger partial charge in [0.25, 0.3) is 0 Å². The van der Waals surface area contributed by atoms with Crippen molar-refractivity contribution in [2.45, 2.75) is 110 Å². The second-order valence-corrected chi connectivity index (χ2v) is 14.0. The minimum Gasteiger partial charge on any atom is -0.449 e. The number of piperidine rings is 1. The number of amides is 2. The van der Waals surface area contributed by atoms with Crippen molar-refractivity contribution in [3.63, 3.8) is 0 Å². The van der Waals surface area contributed by atoms with E-state index in [1.807, 2.05) is 35.2 Å². The van der Waals surface area contributed by atoms with Crippen LogP contribution in [-0.2, 0) is 22.5 Å². The summed E-state index contributed by atoms with van der Waals surface area (Å²) in [5.74, 6) is 1.74. The zero-order chi connectivity index (χ0) is 40.3. The third kappa shape index (κ3) is 16.3. The maximum Gasteiger partial charge on any atom is 0.407 e. The number of hydrogen-bond acceptors (Lipinski definition) is 8. The number of hydrogen-bond donors (Lipinski definition) is 3. The van der Waals surface area contributed by atoms with E-state index < -0.39 is 6.09 Å². The van der Waals surface area contributed by atoms with E-state index in [-0.39, 0.29) is 11.9 Å². The lowest BCUT2D eigenvalue weighted by Crippen LogP contribution is -2.41. The number of alkyl carbamates (subject to hydrolysis) is 1. The summed E-state index contributed by atoms with van der Waals surface area (Å²) in [6.45, 7) is 6.70. The van der Waals surface area contributed by atoms with E-state index in [4.69, 9.17) is 14.6 Å². The smallest absolute Gasteiger partial charge is 0.407 e. The molecule has 2 amide bonds. The molecule has 57 heavy (non-hydrogen) atoms. The molecule has 0 radical (unpaired) electrons. The predicted octanol–water partition coefficient (Wildman–Crippen LogP) is 7.76. The van der Waals surface area contributed by atoms with Gasteiger partial charge in [-0.05, 0) is 76.7 Å². The molecule has 3 aromatic heterocycles. The summed E-state index contributed by atoms with van der Waals surface area (Å²) < 4.78 is 9.10. The fourth-order valence-corrected chi connectivity index (χ4v) is 6.57. The lowest BCUT2D eigenvalue weighted by atomic mass is 9.99. The SMILES string of the molecule is CCC=CCC=CCC=CCC=CCC=CCCCC(=O)NCCNC(=O)OCCC1CCCCN1c1cc(NCc2ccc[n+](OC)c2)n2ncc(CC)c2n1. The lowest BCUT2D eigenvalue weighted by Gasteiger charge is -2.37. The van der Waals surface area contributed by atoms with Crippen LogP contribution in [0.2, 0.25) is 0 Å². The Labute approximate surface area is 339 Å². The number of ether oxygens (including phenoxy) is 1. The van der Waals surface area contributed by atoms with Crippen LogP contribution in [0.5, 0.6) is 0 Å². The number of unbranched alkanes of at least 4 members (excludes halogenated alkanes) is 1. The largest absolute Gasteiger partial charge is 0.449 e. The van der Waals surface area contributed by atoms with Crippen molar-refractivity contribution in [2.75, 3.05) is 43.6 Å². The van der Waals surface area contributed by atoms with Crippen LogP contribution in [0.3, 0.4) is 0 Å². The van der Waals surface area contributed by atoms with Gasteiger partial charge < -0.3 is 25.6 Å². The molecule has 1 aliphatic heterocycles. The second kappa shape index (κ2) is 26.5. The van der Waals surface area contributed by atoms with Gasteiger partial charge in [0.1, 0.15) is 18.7 Å². The number of carbonyl (C=O) groups excluding carboxylic acids is 2. The maximum absolute atomic E-state index is 12.5. The molecule has 308 valence electrons. The minimum atomic E-state index is -0.474. The summed E-state index contributed by atoms with van der Waals surface area (Å²) in [7, 11) is 1.64. The summed E-state index contributed by atoms with van der Waals surface area (Å²) in [5, 5.41) is 13.8. The maximum atomic E-state index is 12.5. The summed E-state index contributed by atoms with van der Waals surface area (Å²) in [4.78, 5) is 37.5. The van der Waals surface area contributed by atoms with Crippen molar-refractivity contribution >= 4 is 29.3 Å². The van der Waals surface area contributed by atoms with Gasteiger partial charge in [-0.3, -0.25) is 9.63 Å². The van der Waals surface area contributed by atoms with E-state index in [0.717, 1.165) is 106 Å². The van der Waals surface area contributed by atoms with Crippen LogP contribution in [0, 0.1) is 0 Å². The number of fused-ring (bicyclic) bond motifs is 1. The molecule has 0 aromatic carbocycles. The molecule has 0 aliphatic carbocycles. The third-order valence-corrected chi connectivity index (χ3v) is 9.69. The normalized spacial score (nSPS) is 14.9. The zero-order valence-corrected chi connectivity index (χ0v) is 34.4. The second-order valence-electron chi connectivity index (χ2n) is 14.0. The standard InChI is InChI=1S/C45H64N8O4/c1-4-6-7-8-9-10-11-12-13-14-15-16-17-18-19-20-21-27-43(54)46-29-30-47-45(55)57-33-28-40-26-22-23-32-52(40)42-34-41(53-44(50-42)39(5-2)36-49-53)48-35-38-25-24-31-51(37-38)56-3/h6-7,9-10,12-13,15-16,18-19,24-25,31,34,36-37,40H,4-5,8,11,14,17,20-23,26-30,32-33,35H2,1-3H3,(H2-,46,47,48,49,50,54,55)/p+1. The van der Waals surface area contributed by atoms with E-state index in [0.29, 0.717) is 39.1 Å². The zero-order valence-electron chi connectivity index (χ0n) is 34.4. The van der Waals surface area contributed by atoms with Gasteiger partial charge in [-0.25, -0.2) is 9.78 Å². The highest BCUT2D eigenvalue weighted by Gasteiger charge is 2.26. The van der Waals surface area contributed by atoms with Crippen molar-refractivity contribution in [3.05, 3.63) is 109 Å². The fourth-order valence-electron chi connectivity index (χ4n) is 6.57. The van der Waals surface area contributed by atoms with Gasteiger partial charge in [0.05, 0.1) is 12.8 Å². The van der Waals surface area contributed by atoms with Crippen molar-refractivity contribution < 1.29 is 23.9 Å². The predicted molar refractivity (Wildman–Crippen MR) is 229 cm³/mol. The quantitative estimate of drug-likeness (QED) is 0.0453. The summed E-state index contributed by atoms with van der Waals surface area (Å²) in [6.07, 6.45) is 38.7. The van der Waals surface area contributed by atoms with Crippen LogP contribution < -0.4 is 30.4 Å². The first kappa shape index (κ1) is 44.3. The van der Waals surface area contributed by atoms with Gasteiger partial charge in [-0.1, -0.05) is 74.6 Å². The molecule has 12 nitrogen and oxygen atoms in total. The van der Waals surface area contributed by atoms with Gasteiger partial charge >= 0.3 is 6.09 Å². The molecule has 0 saturated carbocycles. The van der Waals surface area contributed by atoms with Crippen molar-refractivity contribution in [2.24, 2.45) is 0 Å². The van der Waals surface area contributed by atoms with Gasteiger partial charge in [0, 0.05) is 73.1 Å². The number of nitrogens with zero attached hydrogens (tertiary/aromatic N) is 5. The van der Waals surface area contributed by atoms with Crippen molar-refractivity contribution in [3.8, 4) is 0 Å². The average molecular weight is 782 g/mol. The number of aromatic nitrogens is 4. The molecule has 1 unspecified atom stereocenters. The van der Waals surface area contributed by atoms with Gasteiger partial charge in [-0.15, -0.1) is 0 Å². The molecular formula is C45H65N8O4+. The number of allylic oxidation sites excluding steroid dienone is 10. The van der Waals surface area contributed by atoms with Crippen LogP contribution >= 0.6 is 0 Å². The van der Waals surface area contributed by atoms with Gasteiger partial charge in [0.2, 0.25) is 18.3 Å². The van der Waals surface area contributed by atoms with Crippen molar-refractivity contribution in [1.29, 1.82) is 0 Å². The molecule has 0 spiro atoms. The molecule has 1 atom stereocenters. The Balaban J connectivity index is 1.10. The van der Waals surface area contributed by atoms with E-state index in [9.17, 15) is 9.59 Å². The lowest BCUT2D eigenvalue weighted by molar-refractivity contribution is -0.885. The Kier molecular flexibility index (Phi) is 20.6. The van der Waals surface area contributed by atoms with Gasteiger partial charge in [-0.2, -0.15) is 9.61 Å². The van der Waals surface area contributed by atoms with Crippen LogP contribution in [0.1, 0.15) is 102 Å². The molecule has 1 saturated heterocycles. The van der Waals surface area contributed by atoms with E-state index >= 15 is 0 Å². The number of rotatable bonds is 25. The van der Waals surface area contributed by atoms with E-state index in [2.05, 4.69) is 107 Å². The fraction of sp³-hybridized carbons (Fsp3) is 0.489. The Morgan fingerprint density at radius 3 is 2.39 bits per heavy atom. The molecule has 1 fully saturated rings. The summed E-state index contributed by atoms with van der Waals surface area (Å²) in [6, 6.07) is 6.25. The van der Waals surface area contributed by atoms with E-state index in [1.165, 1.54) is 0 Å². The highest BCUT2D eigenvalue weighted by Crippen LogP contribution is 2.29.